The van der Waals surface area contributed by atoms with Gasteiger partial charge in [0.05, 0.1) is 30.3 Å². The fourth-order valence-electron chi connectivity index (χ4n) is 3.97. The molecular weight excluding hydrogens is 354 g/mol. The molecule has 5 rings (SSSR count). The number of ether oxygens (including phenoxy) is 1. The molecular formula is C22H19N3O3. The van der Waals surface area contributed by atoms with E-state index in [9.17, 15) is 4.79 Å². The average Bonchev–Trinajstić information content (AvgIpc) is 3.34. The molecule has 28 heavy (non-hydrogen) atoms. The van der Waals surface area contributed by atoms with E-state index < -0.39 is 0 Å². The predicted molar refractivity (Wildman–Crippen MR) is 104 cm³/mol. The number of hydrogen-bond donors (Lipinski definition) is 0. The van der Waals surface area contributed by atoms with Crippen LogP contribution in [0.5, 0.6) is 5.75 Å². The lowest BCUT2D eigenvalue weighted by Crippen LogP contribution is -2.21. The van der Waals surface area contributed by atoms with Crippen molar-refractivity contribution in [2.75, 3.05) is 7.11 Å². The second kappa shape index (κ2) is 6.34. The average molecular weight is 373 g/mol. The van der Waals surface area contributed by atoms with Crippen LogP contribution in [-0.4, -0.2) is 27.5 Å². The third-order valence-electron chi connectivity index (χ3n) is 5.36. The SMILES string of the molecule is COc1ccc(-c2c(C)nn3cc4c(nc23)CC(c2ccco2)CC4=O)cc1. The van der Waals surface area contributed by atoms with Crippen LogP contribution in [0, 0.1) is 6.92 Å². The summed E-state index contributed by atoms with van der Waals surface area (Å²) < 4.78 is 12.5. The maximum Gasteiger partial charge on any atom is 0.167 e. The summed E-state index contributed by atoms with van der Waals surface area (Å²) in [5, 5.41) is 4.60. The van der Waals surface area contributed by atoms with Crippen molar-refractivity contribution < 1.29 is 13.9 Å². The molecule has 0 radical (unpaired) electrons. The Morgan fingerprint density at radius 3 is 2.71 bits per heavy atom. The summed E-state index contributed by atoms with van der Waals surface area (Å²) in [6.45, 7) is 1.96. The molecule has 6 heteroatoms. The van der Waals surface area contributed by atoms with Crippen molar-refractivity contribution in [1.29, 1.82) is 0 Å². The summed E-state index contributed by atoms with van der Waals surface area (Å²) in [5.74, 6) is 1.74. The van der Waals surface area contributed by atoms with E-state index in [0.717, 1.165) is 39.7 Å². The lowest BCUT2D eigenvalue weighted by atomic mass is 9.85. The molecule has 0 spiro atoms. The highest BCUT2D eigenvalue weighted by Crippen LogP contribution is 2.34. The molecule has 1 aliphatic carbocycles. The summed E-state index contributed by atoms with van der Waals surface area (Å²) in [6, 6.07) is 11.6. The molecule has 0 aliphatic heterocycles. The number of Topliss-reactive ketones (excluding diaryl/α,β-unsaturated/α-hetero) is 1. The van der Waals surface area contributed by atoms with Crippen molar-refractivity contribution in [1.82, 2.24) is 14.6 Å². The van der Waals surface area contributed by atoms with Crippen LogP contribution in [0.2, 0.25) is 0 Å². The quantitative estimate of drug-likeness (QED) is 0.538. The van der Waals surface area contributed by atoms with Gasteiger partial charge in [-0.05, 0) is 36.8 Å². The van der Waals surface area contributed by atoms with E-state index in [4.69, 9.17) is 14.1 Å². The lowest BCUT2D eigenvalue weighted by Gasteiger charge is -2.21. The number of benzene rings is 1. The Morgan fingerprint density at radius 2 is 2.00 bits per heavy atom. The van der Waals surface area contributed by atoms with Gasteiger partial charge in [0.1, 0.15) is 11.5 Å². The number of carbonyl (C=O) groups is 1. The normalized spacial score (nSPS) is 16.4. The highest BCUT2D eigenvalue weighted by molar-refractivity contribution is 5.99. The Labute approximate surface area is 161 Å². The second-order valence-electron chi connectivity index (χ2n) is 7.10. The minimum absolute atomic E-state index is 0.0263. The molecule has 1 atom stereocenters. The van der Waals surface area contributed by atoms with Crippen molar-refractivity contribution >= 4 is 11.4 Å². The number of aryl methyl sites for hydroxylation is 1. The lowest BCUT2D eigenvalue weighted by molar-refractivity contribution is 0.0958. The molecule has 1 aliphatic rings. The van der Waals surface area contributed by atoms with Gasteiger partial charge in [0, 0.05) is 30.5 Å². The standard InChI is InChI=1S/C22H19N3O3/c1-13-21(14-5-7-16(27-2)8-6-14)22-23-18-10-15(20-4-3-9-28-20)11-19(26)17(18)12-25(22)24-13/h3-9,12,15H,10-11H2,1-2H3. The summed E-state index contributed by atoms with van der Waals surface area (Å²) in [6.07, 6.45) is 4.57. The van der Waals surface area contributed by atoms with E-state index in [-0.39, 0.29) is 11.7 Å². The molecule has 0 saturated heterocycles. The highest BCUT2D eigenvalue weighted by Gasteiger charge is 2.30. The molecule has 0 bridgehead atoms. The number of carbonyl (C=O) groups excluding carboxylic acids is 1. The van der Waals surface area contributed by atoms with Crippen molar-refractivity contribution in [2.45, 2.75) is 25.7 Å². The zero-order valence-corrected chi connectivity index (χ0v) is 15.7. The molecule has 0 N–H and O–H groups in total. The minimum Gasteiger partial charge on any atom is -0.497 e. The first-order valence-corrected chi connectivity index (χ1v) is 9.24. The van der Waals surface area contributed by atoms with Gasteiger partial charge in [-0.3, -0.25) is 4.79 Å². The molecule has 1 aromatic carbocycles. The molecule has 1 unspecified atom stereocenters. The van der Waals surface area contributed by atoms with Crippen LogP contribution >= 0.6 is 0 Å². The second-order valence-corrected chi connectivity index (χ2v) is 7.10. The Hall–Kier alpha value is -3.41. The van der Waals surface area contributed by atoms with Crippen LogP contribution in [-0.2, 0) is 6.42 Å². The molecule has 3 heterocycles. The first-order valence-electron chi connectivity index (χ1n) is 9.24. The fourth-order valence-corrected chi connectivity index (χ4v) is 3.97. The number of fused-ring (bicyclic) bond motifs is 2. The van der Waals surface area contributed by atoms with Crippen molar-refractivity contribution in [3.05, 3.63) is 71.6 Å². The zero-order valence-electron chi connectivity index (χ0n) is 15.7. The topological polar surface area (TPSA) is 69.6 Å². The molecule has 4 aromatic rings. The third-order valence-corrected chi connectivity index (χ3v) is 5.36. The van der Waals surface area contributed by atoms with Gasteiger partial charge in [-0.25, -0.2) is 9.50 Å². The summed E-state index contributed by atoms with van der Waals surface area (Å²) >= 11 is 0. The van der Waals surface area contributed by atoms with E-state index in [1.165, 1.54) is 0 Å². The van der Waals surface area contributed by atoms with Crippen LogP contribution in [0.4, 0.5) is 0 Å². The van der Waals surface area contributed by atoms with Gasteiger partial charge in [0.2, 0.25) is 0 Å². The number of ketones is 1. The molecule has 0 amide bonds. The highest BCUT2D eigenvalue weighted by atomic mass is 16.5. The largest absolute Gasteiger partial charge is 0.497 e. The number of rotatable bonds is 3. The maximum atomic E-state index is 12.7. The maximum absolute atomic E-state index is 12.7. The molecule has 0 fully saturated rings. The van der Waals surface area contributed by atoms with Gasteiger partial charge in [-0.15, -0.1) is 0 Å². The summed E-state index contributed by atoms with van der Waals surface area (Å²) in [7, 11) is 1.65. The van der Waals surface area contributed by atoms with Crippen LogP contribution in [0.15, 0.2) is 53.3 Å². The van der Waals surface area contributed by atoms with E-state index >= 15 is 0 Å². The van der Waals surface area contributed by atoms with Crippen molar-refractivity contribution in [3.63, 3.8) is 0 Å². The monoisotopic (exact) mass is 373 g/mol. The first kappa shape index (κ1) is 16.7. The van der Waals surface area contributed by atoms with E-state index in [2.05, 4.69) is 5.10 Å². The van der Waals surface area contributed by atoms with Crippen LogP contribution < -0.4 is 4.74 Å². The number of methoxy groups -OCH3 is 1. The number of furan rings is 1. The Bertz CT molecular complexity index is 1170. The van der Waals surface area contributed by atoms with Gasteiger partial charge >= 0.3 is 0 Å². The first-order chi connectivity index (χ1) is 13.6. The predicted octanol–water partition coefficient (Wildman–Crippen LogP) is 4.22. The summed E-state index contributed by atoms with van der Waals surface area (Å²) in [4.78, 5) is 17.6. The van der Waals surface area contributed by atoms with Gasteiger partial charge in [0.15, 0.2) is 11.4 Å². The zero-order chi connectivity index (χ0) is 19.3. The smallest absolute Gasteiger partial charge is 0.167 e. The summed E-state index contributed by atoms with van der Waals surface area (Å²) in [5.41, 5.74) is 5.08. The molecule has 140 valence electrons. The van der Waals surface area contributed by atoms with Gasteiger partial charge < -0.3 is 9.15 Å². The van der Waals surface area contributed by atoms with Gasteiger partial charge in [-0.2, -0.15) is 5.10 Å². The van der Waals surface area contributed by atoms with E-state index in [1.54, 1.807) is 17.9 Å². The molecule has 0 saturated carbocycles. The number of aromatic nitrogens is 3. The van der Waals surface area contributed by atoms with E-state index in [1.807, 2.05) is 49.5 Å². The Kier molecular flexibility index (Phi) is 3.79. The minimum atomic E-state index is 0.0263. The fraction of sp³-hybridized carbons (Fsp3) is 0.227. The van der Waals surface area contributed by atoms with Crippen LogP contribution in [0.1, 0.15) is 39.8 Å². The van der Waals surface area contributed by atoms with Crippen LogP contribution in [0.25, 0.3) is 16.8 Å². The number of hydrogen-bond acceptors (Lipinski definition) is 5. The van der Waals surface area contributed by atoms with Crippen LogP contribution in [0.3, 0.4) is 0 Å². The third kappa shape index (κ3) is 2.60. The molecule has 3 aromatic heterocycles. The van der Waals surface area contributed by atoms with Gasteiger partial charge in [-0.1, -0.05) is 12.1 Å². The van der Waals surface area contributed by atoms with Gasteiger partial charge in [0.25, 0.3) is 0 Å². The van der Waals surface area contributed by atoms with Crippen molar-refractivity contribution in [2.24, 2.45) is 0 Å². The Balaban J connectivity index is 1.63. The number of nitrogens with zero attached hydrogens (tertiary/aromatic N) is 3. The van der Waals surface area contributed by atoms with E-state index in [0.29, 0.717) is 18.4 Å². The molecule has 6 nitrogen and oxygen atoms in total. The Morgan fingerprint density at radius 1 is 1.18 bits per heavy atom. The van der Waals surface area contributed by atoms with Crippen molar-refractivity contribution in [3.8, 4) is 16.9 Å².